The highest BCUT2D eigenvalue weighted by Crippen LogP contribution is 2.37. The third-order valence-corrected chi connectivity index (χ3v) is 3.99. The number of halogens is 7. The summed E-state index contributed by atoms with van der Waals surface area (Å²) in [6.45, 7) is 1.20. The number of carbonyl (C=O) groups excluding carboxylic acids is 1. The normalized spacial score (nSPS) is 25.6. The molecule has 1 aliphatic heterocycles. The molecule has 1 fully saturated rings. The molecule has 1 saturated heterocycles. The van der Waals surface area contributed by atoms with Crippen LogP contribution in [0, 0.1) is 17.5 Å². The van der Waals surface area contributed by atoms with Crippen molar-refractivity contribution in [1.29, 1.82) is 0 Å². The zero-order valence-electron chi connectivity index (χ0n) is 12.4. The molecule has 0 saturated carbocycles. The summed E-state index contributed by atoms with van der Waals surface area (Å²) in [4.78, 5) is 12.1. The van der Waals surface area contributed by atoms with E-state index in [2.05, 4.69) is 0 Å². The Morgan fingerprint density at radius 1 is 1.21 bits per heavy atom. The Bertz CT molecular complexity index is 617. The van der Waals surface area contributed by atoms with Gasteiger partial charge in [-0.05, 0) is 25.0 Å². The summed E-state index contributed by atoms with van der Waals surface area (Å²) in [5.74, 6) is -6.09. The van der Waals surface area contributed by atoms with Gasteiger partial charge in [-0.3, -0.25) is 4.79 Å². The van der Waals surface area contributed by atoms with E-state index in [-0.39, 0.29) is 23.7 Å². The fourth-order valence-corrected chi connectivity index (χ4v) is 2.86. The lowest BCUT2D eigenvalue weighted by molar-refractivity contribution is -0.156. The van der Waals surface area contributed by atoms with Gasteiger partial charge in [0.25, 0.3) is 6.43 Å². The molecule has 136 valence electrons. The van der Waals surface area contributed by atoms with E-state index in [1.54, 1.807) is 0 Å². The van der Waals surface area contributed by atoms with Gasteiger partial charge < -0.3 is 10.6 Å². The SMILES string of the molecule is CC1C(c2cc(F)cc(F)c2F)CC(N)C(=O)N1C(F)C(F)F.Cl. The van der Waals surface area contributed by atoms with Gasteiger partial charge in [-0.15, -0.1) is 12.4 Å². The first-order valence-corrected chi connectivity index (χ1v) is 6.79. The number of nitrogens with zero attached hydrogens (tertiary/aromatic N) is 1. The Hall–Kier alpha value is -1.48. The van der Waals surface area contributed by atoms with Gasteiger partial charge in [0.15, 0.2) is 11.6 Å². The summed E-state index contributed by atoms with van der Waals surface area (Å²) in [5.41, 5.74) is 5.04. The smallest absolute Gasteiger partial charge is 0.287 e. The monoisotopic (exact) mass is 376 g/mol. The predicted octanol–water partition coefficient (Wildman–Crippen LogP) is 3.12. The fraction of sp³-hybridized carbons (Fsp3) is 0.500. The van der Waals surface area contributed by atoms with E-state index < -0.39 is 59.6 Å². The maximum Gasteiger partial charge on any atom is 0.287 e. The van der Waals surface area contributed by atoms with Gasteiger partial charge in [-0.2, -0.15) is 0 Å². The van der Waals surface area contributed by atoms with Gasteiger partial charge in [0.05, 0.1) is 6.04 Å². The molecule has 1 aromatic rings. The zero-order valence-corrected chi connectivity index (χ0v) is 13.2. The van der Waals surface area contributed by atoms with Gasteiger partial charge in [-0.1, -0.05) is 0 Å². The largest absolute Gasteiger partial charge is 0.320 e. The molecule has 4 unspecified atom stereocenters. The molecular formula is C14H15ClF6N2O. The number of alkyl halides is 3. The molecule has 3 nitrogen and oxygen atoms in total. The molecule has 2 N–H and O–H groups in total. The van der Waals surface area contributed by atoms with Gasteiger partial charge in [0.2, 0.25) is 12.2 Å². The number of piperidine rings is 1. The minimum atomic E-state index is -3.48. The zero-order chi connectivity index (χ0) is 17.5. The third-order valence-electron chi connectivity index (χ3n) is 3.99. The molecular weight excluding hydrogens is 362 g/mol. The van der Waals surface area contributed by atoms with Crippen LogP contribution in [0.25, 0.3) is 0 Å². The van der Waals surface area contributed by atoms with Crippen LogP contribution in [0.5, 0.6) is 0 Å². The Labute approximate surface area is 140 Å². The van der Waals surface area contributed by atoms with Crippen LogP contribution in [-0.2, 0) is 4.79 Å². The topological polar surface area (TPSA) is 46.3 Å². The van der Waals surface area contributed by atoms with Gasteiger partial charge in [0, 0.05) is 18.0 Å². The summed E-state index contributed by atoms with van der Waals surface area (Å²) in [5, 5.41) is 0. The highest BCUT2D eigenvalue weighted by Gasteiger charge is 2.45. The second kappa shape index (κ2) is 7.60. The Morgan fingerprint density at radius 3 is 2.33 bits per heavy atom. The minimum absolute atomic E-state index is 0. The summed E-state index contributed by atoms with van der Waals surface area (Å²) < 4.78 is 79.5. The van der Waals surface area contributed by atoms with Crippen molar-refractivity contribution >= 4 is 18.3 Å². The maximum absolute atomic E-state index is 13.9. The van der Waals surface area contributed by atoms with Gasteiger partial charge in [-0.25, -0.2) is 26.3 Å². The van der Waals surface area contributed by atoms with E-state index in [1.165, 1.54) is 6.92 Å². The average molecular weight is 377 g/mol. The van der Waals surface area contributed by atoms with Crippen LogP contribution >= 0.6 is 12.4 Å². The van der Waals surface area contributed by atoms with Crippen molar-refractivity contribution in [1.82, 2.24) is 4.90 Å². The first-order valence-electron chi connectivity index (χ1n) is 6.79. The predicted molar refractivity (Wildman–Crippen MR) is 76.1 cm³/mol. The van der Waals surface area contributed by atoms with E-state index in [1.807, 2.05) is 0 Å². The van der Waals surface area contributed by atoms with Crippen LogP contribution in [0.3, 0.4) is 0 Å². The molecule has 0 spiro atoms. The van der Waals surface area contributed by atoms with E-state index in [0.717, 1.165) is 0 Å². The molecule has 0 radical (unpaired) electrons. The number of benzene rings is 1. The number of rotatable bonds is 3. The lowest BCUT2D eigenvalue weighted by Gasteiger charge is -2.43. The number of likely N-dealkylation sites (tertiary alicyclic amines) is 1. The highest BCUT2D eigenvalue weighted by molar-refractivity contribution is 5.85. The second-order valence-electron chi connectivity index (χ2n) is 5.43. The Balaban J connectivity index is 0.00000288. The molecule has 1 heterocycles. The first-order chi connectivity index (χ1) is 10.6. The van der Waals surface area contributed by atoms with Crippen LogP contribution in [0.15, 0.2) is 12.1 Å². The van der Waals surface area contributed by atoms with E-state index >= 15 is 0 Å². The van der Waals surface area contributed by atoms with Crippen molar-refractivity contribution in [3.05, 3.63) is 35.1 Å². The summed E-state index contributed by atoms with van der Waals surface area (Å²) in [7, 11) is 0. The molecule has 10 heteroatoms. The molecule has 2 rings (SSSR count). The summed E-state index contributed by atoms with van der Waals surface area (Å²) in [6, 6.07) is -1.61. The molecule has 0 aromatic heterocycles. The van der Waals surface area contributed by atoms with E-state index in [9.17, 15) is 31.1 Å². The van der Waals surface area contributed by atoms with Crippen molar-refractivity contribution in [3.63, 3.8) is 0 Å². The maximum atomic E-state index is 13.9. The van der Waals surface area contributed by atoms with Crippen LogP contribution in [0.2, 0.25) is 0 Å². The van der Waals surface area contributed by atoms with E-state index in [4.69, 9.17) is 5.73 Å². The number of hydrogen-bond donors (Lipinski definition) is 1. The van der Waals surface area contributed by atoms with Crippen molar-refractivity contribution in [2.45, 2.75) is 44.1 Å². The summed E-state index contributed by atoms with van der Waals surface area (Å²) in [6.07, 6.45) is -6.67. The number of amides is 1. The van der Waals surface area contributed by atoms with Crippen molar-refractivity contribution in [3.8, 4) is 0 Å². The number of carbonyl (C=O) groups is 1. The van der Waals surface area contributed by atoms with E-state index in [0.29, 0.717) is 12.1 Å². The van der Waals surface area contributed by atoms with Crippen molar-refractivity contribution < 1.29 is 31.1 Å². The van der Waals surface area contributed by atoms with Crippen LogP contribution in [0.4, 0.5) is 26.3 Å². The first kappa shape index (κ1) is 20.6. The Kier molecular flexibility index (Phi) is 6.52. The fourth-order valence-electron chi connectivity index (χ4n) is 2.86. The third kappa shape index (κ3) is 3.61. The van der Waals surface area contributed by atoms with Gasteiger partial charge in [0.1, 0.15) is 5.82 Å². The Morgan fingerprint density at radius 2 is 1.79 bits per heavy atom. The average Bonchev–Trinajstić information content (AvgIpc) is 2.46. The lowest BCUT2D eigenvalue weighted by atomic mass is 9.81. The molecule has 4 atom stereocenters. The molecule has 24 heavy (non-hydrogen) atoms. The molecule has 1 aliphatic rings. The number of nitrogens with two attached hydrogens (primary N) is 1. The van der Waals surface area contributed by atoms with Crippen molar-refractivity contribution in [2.24, 2.45) is 5.73 Å². The second-order valence-corrected chi connectivity index (χ2v) is 5.43. The molecule has 1 amide bonds. The molecule has 1 aromatic carbocycles. The molecule has 0 bridgehead atoms. The van der Waals surface area contributed by atoms with Crippen LogP contribution < -0.4 is 5.73 Å². The van der Waals surface area contributed by atoms with Gasteiger partial charge >= 0.3 is 0 Å². The number of hydrogen-bond acceptors (Lipinski definition) is 2. The van der Waals surface area contributed by atoms with Crippen LogP contribution in [-0.4, -0.2) is 35.6 Å². The molecule has 0 aliphatic carbocycles. The lowest BCUT2D eigenvalue weighted by Crippen LogP contribution is -2.59. The summed E-state index contributed by atoms with van der Waals surface area (Å²) >= 11 is 0. The highest BCUT2D eigenvalue weighted by atomic mass is 35.5. The minimum Gasteiger partial charge on any atom is -0.320 e. The van der Waals surface area contributed by atoms with Crippen LogP contribution in [0.1, 0.15) is 24.8 Å². The quantitative estimate of drug-likeness (QED) is 0.500. The van der Waals surface area contributed by atoms with Crippen molar-refractivity contribution in [2.75, 3.05) is 0 Å². The standard InChI is InChI=1S/C14H14F6N2O.ClH/c1-5-7(8-2-6(15)3-9(16)11(8)17)4-10(21)14(23)22(5)13(20)12(18)19;/h2-3,5,7,10,12-13H,4,21H2,1H3;1H.